The number of amides is 4. The molecule has 0 saturated heterocycles. The zero-order chi connectivity index (χ0) is 59.6. The molecule has 426 valence electrons. The minimum absolute atomic E-state index is 0.0112. The van der Waals surface area contributed by atoms with Crippen LogP contribution in [0.4, 0.5) is 87.7 Å². The van der Waals surface area contributed by atoms with Crippen molar-refractivity contribution in [3.63, 3.8) is 0 Å². The molecule has 7 rings (SSSR count). The third-order valence-electron chi connectivity index (χ3n) is 10.2. The lowest BCUT2D eigenvalue weighted by molar-refractivity contribution is 0.258. The van der Waals surface area contributed by atoms with E-state index < -0.39 is 133 Å². The van der Waals surface area contributed by atoms with Gasteiger partial charge in [-0.1, -0.05) is 0 Å². The summed E-state index contributed by atoms with van der Waals surface area (Å²) in [6, 6.07) is 9.32. The van der Waals surface area contributed by atoms with Crippen molar-refractivity contribution in [2.75, 3.05) is 44.7 Å². The highest BCUT2D eigenvalue weighted by atomic mass is 32.2. The van der Waals surface area contributed by atoms with Crippen molar-refractivity contribution in [1.82, 2.24) is 29.9 Å². The van der Waals surface area contributed by atoms with Gasteiger partial charge in [0, 0.05) is 35.6 Å². The molecule has 1 unspecified atom stereocenters. The first-order valence-electron chi connectivity index (χ1n) is 21.6. The number of primary amides is 2. The van der Waals surface area contributed by atoms with Crippen LogP contribution in [0.1, 0.15) is 6.92 Å². The number of nitrogens with one attached hydrogen (secondary N) is 6. The van der Waals surface area contributed by atoms with Crippen LogP contribution in [0.5, 0.6) is 0 Å². The predicted octanol–water partition coefficient (Wildman–Crippen LogP) is 5.09. The third kappa shape index (κ3) is 15.5. The maximum absolute atomic E-state index is 14.8. The highest BCUT2D eigenvalue weighted by Gasteiger charge is 2.26. The Bertz CT molecular complexity index is 4400. The second-order valence-corrected chi connectivity index (χ2v) is 23.9. The number of hydrogen-bond acceptors (Lipinski definition) is 26. The lowest BCUT2D eigenvalue weighted by Crippen LogP contribution is -2.27. The Balaban J connectivity index is 1.05. The standard InChI is InChI=1S/C40H36F2N18O16S5/c1-17(46-38-52-34(42)54-40(56-38)48-20-3-6-24(27(12-20)49-35(43)61)57-59-26-8-5-21(77(2,63)64)13-32(26)81(74,75)76)16-45-37-51-33(41)53-39(55-37)47-19-4-7-25(28(11-19)50-36(44)62)58-60-29-15-23-18(10-31(29)80(71,72)73)9-22(78(65,66)67)14-30(23)79(68,69)70/h3-15,17H,16H2,1-2H3,(H3,43,49,61)(H3,44,50,62)(H,65,66,67)(H,68,69,70)(H,71,72,73)(H,74,75,76)(H2,45,47,51,53,55)(H2,46,48,52,54,56). The van der Waals surface area contributed by atoms with E-state index >= 15 is 0 Å². The summed E-state index contributed by atoms with van der Waals surface area (Å²) in [6.07, 6.45) is -1.77. The molecule has 2 aromatic heterocycles. The fourth-order valence-corrected chi connectivity index (χ4v) is 10.2. The Morgan fingerprint density at radius 2 is 0.975 bits per heavy atom. The smallest absolute Gasteiger partial charge is 0.316 e. The Morgan fingerprint density at radius 3 is 1.47 bits per heavy atom. The van der Waals surface area contributed by atoms with Gasteiger partial charge in [0.1, 0.15) is 37.4 Å². The molecule has 0 aliphatic carbocycles. The summed E-state index contributed by atoms with van der Waals surface area (Å²) in [6.45, 7) is 1.43. The number of sulfone groups is 1. The molecule has 0 bridgehead atoms. The van der Waals surface area contributed by atoms with Crippen molar-refractivity contribution in [1.29, 1.82) is 0 Å². The zero-order valence-electron chi connectivity index (χ0n) is 40.4. The van der Waals surface area contributed by atoms with E-state index in [-0.39, 0.29) is 58.5 Å². The molecular formula is C40H36F2N18O16S5. The first-order chi connectivity index (χ1) is 37.6. The van der Waals surface area contributed by atoms with Crippen LogP contribution >= 0.6 is 0 Å². The van der Waals surface area contributed by atoms with Gasteiger partial charge in [0.15, 0.2) is 9.84 Å². The van der Waals surface area contributed by atoms with Crippen molar-refractivity contribution >= 4 is 142 Å². The van der Waals surface area contributed by atoms with Crippen molar-refractivity contribution < 1.29 is 78.7 Å². The number of azo groups is 2. The average molecular weight is 1220 g/mol. The van der Waals surface area contributed by atoms with Gasteiger partial charge in [-0.25, -0.2) is 18.0 Å². The van der Waals surface area contributed by atoms with Gasteiger partial charge in [0.25, 0.3) is 40.5 Å². The quantitative estimate of drug-likeness (QED) is 0.0349. The lowest BCUT2D eigenvalue weighted by atomic mass is 10.1. The third-order valence-corrected chi connectivity index (χ3v) is 14.8. The molecule has 0 spiro atoms. The maximum atomic E-state index is 14.8. The highest BCUT2D eigenvalue weighted by molar-refractivity contribution is 7.91. The SMILES string of the molecule is CC(CNc1nc(F)nc(Nc2ccc(N=Nc3cc4c(S(=O)(=O)O)cc(S(=O)(=O)O)cc4cc3S(=O)(=O)O)c(NC(N)=O)c2)n1)Nc1nc(F)nc(Nc2ccc(N=Nc3ccc(S(C)(=O)=O)cc3S(=O)(=O)O)c(NC(N)=O)c2)n1. The topological polar surface area (TPSA) is 537 Å². The van der Waals surface area contributed by atoms with Gasteiger partial charge in [-0.3, -0.25) is 18.2 Å². The van der Waals surface area contributed by atoms with E-state index in [0.717, 1.165) is 30.5 Å². The van der Waals surface area contributed by atoms with Crippen LogP contribution in [-0.4, -0.2) is 121 Å². The van der Waals surface area contributed by atoms with E-state index in [1.807, 2.05) is 0 Å². The molecule has 5 aromatic carbocycles. The molecule has 2 heterocycles. The number of nitrogens with two attached hydrogens (primary N) is 2. The van der Waals surface area contributed by atoms with Crippen LogP contribution in [0.15, 0.2) is 124 Å². The highest BCUT2D eigenvalue weighted by Crippen LogP contribution is 2.38. The number of urea groups is 2. The molecule has 0 fully saturated rings. The van der Waals surface area contributed by atoms with Gasteiger partial charge >= 0.3 is 24.2 Å². The van der Waals surface area contributed by atoms with Gasteiger partial charge in [-0.2, -0.15) is 72.4 Å². The van der Waals surface area contributed by atoms with Crippen molar-refractivity contribution in [2.24, 2.45) is 31.9 Å². The summed E-state index contributed by atoms with van der Waals surface area (Å²) in [4.78, 5) is 41.9. The van der Waals surface area contributed by atoms with Crippen LogP contribution in [0.2, 0.25) is 0 Å². The molecule has 4 amide bonds. The maximum Gasteiger partial charge on any atom is 0.316 e. The van der Waals surface area contributed by atoms with Crippen LogP contribution in [0.3, 0.4) is 0 Å². The lowest BCUT2D eigenvalue weighted by Gasteiger charge is -2.16. The number of halogens is 2. The zero-order valence-corrected chi connectivity index (χ0v) is 44.5. The molecular weight excluding hydrogens is 1190 g/mol. The van der Waals surface area contributed by atoms with Gasteiger partial charge in [-0.05, 0) is 91.2 Å². The fourth-order valence-electron chi connectivity index (χ4n) is 6.79. The summed E-state index contributed by atoms with van der Waals surface area (Å²) in [5.41, 5.74) is 8.66. The van der Waals surface area contributed by atoms with Crippen LogP contribution < -0.4 is 43.4 Å². The number of nitrogens with zero attached hydrogens (tertiary/aromatic N) is 10. The number of carbonyl (C=O) groups excluding carboxylic acids is 2. The average Bonchev–Trinajstić information content (AvgIpc) is 3.52. The van der Waals surface area contributed by atoms with Crippen molar-refractivity contribution in [3.05, 3.63) is 91.0 Å². The van der Waals surface area contributed by atoms with E-state index in [1.54, 1.807) is 6.92 Å². The first kappa shape index (κ1) is 59.4. The summed E-state index contributed by atoms with van der Waals surface area (Å²) < 4.78 is 190. The molecule has 81 heavy (non-hydrogen) atoms. The first-order valence-corrected chi connectivity index (χ1v) is 29.2. The monoisotopic (exact) mass is 1220 g/mol. The number of carbonyl (C=O) groups is 2. The van der Waals surface area contributed by atoms with Crippen LogP contribution in [-0.2, 0) is 50.3 Å². The molecule has 7 aromatic rings. The van der Waals surface area contributed by atoms with Crippen molar-refractivity contribution in [3.8, 4) is 0 Å². The van der Waals surface area contributed by atoms with E-state index in [4.69, 9.17) is 11.5 Å². The second-order valence-electron chi connectivity index (χ2n) is 16.3. The minimum atomic E-state index is -5.27. The molecule has 34 nitrogen and oxygen atoms in total. The Hall–Kier alpha value is -9.23. The van der Waals surface area contributed by atoms with Gasteiger partial charge < -0.3 is 43.4 Å². The number of rotatable bonds is 20. The number of anilines is 8. The summed E-state index contributed by atoms with van der Waals surface area (Å²) in [7, 11) is -24.6. The molecule has 0 saturated carbocycles. The van der Waals surface area contributed by atoms with Gasteiger partial charge in [0.2, 0.25) is 23.8 Å². The Kier molecular flexibility index (Phi) is 16.8. The fraction of sp³-hybridized carbons (Fsp3) is 0.100. The van der Waals surface area contributed by atoms with Crippen LogP contribution in [0, 0.1) is 12.2 Å². The number of hydrogen-bond donors (Lipinski definition) is 12. The van der Waals surface area contributed by atoms with E-state index in [0.29, 0.717) is 30.3 Å². The van der Waals surface area contributed by atoms with E-state index in [2.05, 4.69) is 82.3 Å². The van der Waals surface area contributed by atoms with Crippen LogP contribution in [0.25, 0.3) is 10.8 Å². The molecule has 1 atom stereocenters. The molecule has 0 aliphatic heterocycles. The van der Waals surface area contributed by atoms with Crippen molar-refractivity contribution in [2.45, 2.75) is 37.4 Å². The molecule has 0 radical (unpaired) electrons. The number of benzene rings is 5. The normalized spacial score (nSPS) is 12.8. The number of aromatic nitrogens is 6. The minimum Gasteiger partial charge on any atom is -0.352 e. The Morgan fingerprint density at radius 1 is 0.531 bits per heavy atom. The summed E-state index contributed by atoms with van der Waals surface area (Å²) in [5.74, 6) is -1.50. The molecule has 14 N–H and O–H groups in total. The molecule has 0 aliphatic rings. The molecule has 41 heteroatoms. The summed E-state index contributed by atoms with van der Waals surface area (Å²) >= 11 is 0. The predicted molar refractivity (Wildman–Crippen MR) is 278 cm³/mol. The van der Waals surface area contributed by atoms with Gasteiger partial charge in [-0.15, -0.1) is 20.5 Å². The second kappa shape index (κ2) is 22.9. The number of fused-ring (bicyclic) bond motifs is 1. The Labute approximate surface area is 454 Å². The largest absolute Gasteiger partial charge is 0.352 e. The van der Waals surface area contributed by atoms with E-state index in [9.17, 15) is 78.7 Å². The van der Waals surface area contributed by atoms with Gasteiger partial charge in [0.05, 0.1) is 21.2 Å². The summed E-state index contributed by atoms with van der Waals surface area (Å²) in [5, 5.41) is 29.6. The van der Waals surface area contributed by atoms with E-state index in [1.165, 1.54) is 24.3 Å².